The van der Waals surface area contributed by atoms with Crippen molar-refractivity contribution in [3.05, 3.63) is 0 Å². The maximum absolute atomic E-state index is 14.2. The molecule has 0 aromatic rings. The molecule has 7 rings (SSSR count). The van der Waals surface area contributed by atoms with Gasteiger partial charge in [-0.3, -0.25) is 105 Å². The number of aliphatic hydroxyl groups is 1. The molecule has 7 heterocycles. The van der Waals surface area contributed by atoms with E-state index < -0.39 is 393 Å². The van der Waals surface area contributed by atoms with Gasteiger partial charge in [-0.25, -0.2) is 0 Å². The van der Waals surface area contributed by atoms with E-state index in [1.807, 2.05) is 0 Å². The zero-order valence-corrected chi connectivity index (χ0v) is 81.9. The van der Waals surface area contributed by atoms with E-state index in [1.165, 1.54) is 0 Å². The van der Waals surface area contributed by atoms with Crippen LogP contribution < -0.4 is 0 Å². The van der Waals surface area contributed by atoms with Gasteiger partial charge in [0.25, 0.3) is 0 Å². The SMILES string of the molecule is CC(=O)OCC1O[C@H](O[C@@H]2C(COC(C)=O)O[C@H](O[C@@H]3C(CO[C@H]4OC(COC(C)=O)[C@@H](O[C@H]5OC(COC(C)=O)[C@@H](O[C@H]6OC(COC(C)=O)[C@@H](OC(C)=O)[C@H](OC(C)=O)C6OC(C)=O)[C@H](OC(C)=O)C5OC(C)=O)[C@@H](OC(C)=O)C4OC(C)=O)O[C@H](O[C@@H]4C(COC(C)=O)O[C@H](O)C(OC(C)=O)[C@@H]4OC(C)=O)C(OC(C)=O)[C@@H]3OC(C)=O)C(OC(C)=O)[C@H]2OC(C)=O)C(OC(C)=O)[C@@H](OC(C)=O)[C@@H]1OC(C)=O. The summed E-state index contributed by atoms with van der Waals surface area (Å²) in [7, 11) is 0. The Morgan fingerprint density at radius 3 is 0.472 bits per heavy atom. The molecule has 0 bridgehead atoms. The van der Waals surface area contributed by atoms with Crippen LogP contribution in [0.2, 0.25) is 0 Å². The Labute approximate surface area is 818 Å². The van der Waals surface area contributed by atoms with E-state index in [0.29, 0.717) is 0 Å². The van der Waals surface area contributed by atoms with Gasteiger partial charge in [0.1, 0.15) is 113 Å². The fraction of sp³-hybridized carbons (Fsp3) is 0.744. The number of ether oxygens (including phenoxy) is 35. The Morgan fingerprint density at radius 1 is 0.153 bits per heavy atom. The van der Waals surface area contributed by atoms with Gasteiger partial charge in [0, 0.05) is 152 Å². The van der Waals surface area contributed by atoms with E-state index in [0.717, 1.165) is 152 Å². The minimum absolute atomic E-state index is 0.754. The number of esters is 22. The lowest BCUT2D eigenvalue weighted by molar-refractivity contribution is -0.394. The quantitative estimate of drug-likeness (QED) is 0.0454. The molecule has 35 atom stereocenters. The average molecular weight is 2080 g/mol. The molecule has 7 aliphatic heterocycles. The fourth-order valence-electron chi connectivity index (χ4n) is 15.9. The molecule has 0 spiro atoms. The van der Waals surface area contributed by atoms with Gasteiger partial charge >= 0.3 is 131 Å². The molecule has 0 aliphatic carbocycles. The molecule has 58 heteroatoms. The number of aliphatic hydroxyl groups excluding tert-OH is 1. The molecule has 58 nitrogen and oxygen atoms in total. The maximum Gasteiger partial charge on any atom is 0.303 e. The molecular formula is C86H116O58. The van der Waals surface area contributed by atoms with Gasteiger partial charge in [0.05, 0.1) is 6.61 Å². The average Bonchev–Trinajstić information content (AvgIpc) is 0.755. The largest absolute Gasteiger partial charge is 0.463 e. The van der Waals surface area contributed by atoms with Crippen LogP contribution in [0.1, 0.15) is 152 Å². The number of carbonyl (C=O) groups is 22. The zero-order chi connectivity index (χ0) is 108. The van der Waals surface area contributed by atoms with Crippen LogP contribution in [-0.4, -0.2) is 398 Å². The third-order valence-electron chi connectivity index (χ3n) is 20.6. The Bertz CT molecular complexity index is 4590. The lowest BCUT2D eigenvalue weighted by Gasteiger charge is -2.51. The van der Waals surface area contributed by atoms with E-state index >= 15 is 0 Å². The predicted octanol–water partition coefficient (Wildman–Crippen LogP) is -3.72. The molecule has 0 aromatic carbocycles. The lowest BCUT2D eigenvalue weighted by Crippen LogP contribution is -2.70. The summed E-state index contributed by atoms with van der Waals surface area (Å²) in [6, 6.07) is 0. The first kappa shape index (κ1) is 119. The normalized spacial score (nSPS) is 33.3. The Morgan fingerprint density at radius 2 is 0.285 bits per heavy atom. The molecule has 0 amide bonds. The van der Waals surface area contributed by atoms with Crippen LogP contribution >= 0.6 is 0 Å². The number of hydrogen-bond acceptors (Lipinski definition) is 58. The van der Waals surface area contributed by atoms with Crippen molar-refractivity contribution >= 4 is 131 Å². The van der Waals surface area contributed by atoms with E-state index in [1.54, 1.807) is 0 Å². The second-order valence-electron chi connectivity index (χ2n) is 32.7. The molecule has 808 valence electrons. The van der Waals surface area contributed by atoms with Gasteiger partial charge in [-0.2, -0.15) is 0 Å². The molecule has 0 radical (unpaired) electrons. The highest BCUT2D eigenvalue weighted by Crippen LogP contribution is 2.44. The first-order valence-electron chi connectivity index (χ1n) is 44.1. The summed E-state index contributed by atoms with van der Waals surface area (Å²) in [6.07, 6.45) is -77.8. The summed E-state index contributed by atoms with van der Waals surface area (Å²) >= 11 is 0. The van der Waals surface area contributed by atoms with E-state index in [9.17, 15) is 111 Å². The summed E-state index contributed by atoms with van der Waals surface area (Å²) in [5, 5.41) is 11.5. The van der Waals surface area contributed by atoms with Crippen LogP contribution in [0.3, 0.4) is 0 Å². The van der Waals surface area contributed by atoms with Crippen LogP contribution in [0.5, 0.6) is 0 Å². The first-order valence-corrected chi connectivity index (χ1v) is 44.1. The van der Waals surface area contributed by atoms with Crippen LogP contribution in [0.15, 0.2) is 0 Å². The molecule has 144 heavy (non-hydrogen) atoms. The van der Waals surface area contributed by atoms with Crippen molar-refractivity contribution in [2.75, 3.05) is 46.2 Å². The highest BCUT2D eigenvalue weighted by molar-refractivity contribution is 5.74. The molecular weight excluding hydrogens is 1960 g/mol. The Hall–Kier alpha value is -12.2. The van der Waals surface area contributed by atoms with E-state index in [2.05, 4.69) is 0 Å². The van der Waals surface area contributed by atoms with Gasteiger partial charge < -0.3 is 171 Å². The summed E-state index contributed by atoms with van der Waals surface area (Å²) in [4.78, 5) is 293. The minimum atomic E-state index is -2.57. The number of carbonyl (C=O) groups excluding carboxylic acids is 22. The van der Waals surface area contributed by atoms with Crippen molar-refractivity contribution in [1.29, 1.82) is 0 Å². The summed E-state index contributed by atoms with van der Waals surface area (Å²) in [6.45, 7) is 11.2. The summed E-state index contributed by atoms with van der Waals surface area (Å²) in [5.41, 5.74) is 0. The molecule has 7 saturated heterocycles. The molecule has 7 aliphatic rings. The van der Waals surface area contributed by atoms with Crippen molar-refractivity contribution in [3.63, 3.8) is 0 Å². The second kappa shape index (κ2) is 54.6. The fourth-order valence-corrected chi connectivity index (χ4v) is 15.9. The third-order valence-corrected chi connectivity index (χ3v) is 20.6. The van der Waals surface area contributed by atoms with Gasteiger partial charge in [0.15, 0.2) is 142 Å². The zero-order valence-electron chi connectivity index (χ0n) is 81.9. The van der Waals surface area contributed by atoms with Crippen molar-refractivity contribution in [2.45, 2.75) is 367 Å². The van der Waals surface area contributed by atoms with E-state index in [4.69, 9.17) is 166 Å². The van der Waals surface area contributed by atoms with Gasteiger partial charge in [-0.1, -0.05) is 0 Å². The van der Waals surface area contributed by atoms with Crippen LogP contribution in [0.4, 0.5) is 0 Å². The lowest BCUT2D eigenvalue weighted by atomic mass is 9.94. The Kier molecular flexibility index (Phi) is 45.1. The Balaban J connectivity index is 1.50. The minimum Gasteiger partial charge on any atom is -0.463 e. The summed E-state index contributed by atoms with van der Waals surface area (Å²) in [5.74, 6) is -26.1. The van der Waals surface area contributed by atoms with E-state index in [-0.39, 0.29) is 0 Å². The van der Waals surface area contributed by atoms with Gasteiger partial charge in [0.2, 0.25) is 0 Å². The second-order valence-corrected chi connectivity index (χ2v) is 32.7. The highest BCUT2D eigenvalue weighted by atomic mass is 16.8. The van der Waals surface area contributed by atoms with Crippen molar-refractivity contribution in [2.24, 2.45) is 0 Å². The number of hydrogen-bond donors (Lipinski definition) is 1. The van der Waals surface area contributed by atoms with Crippen LogP contribution in [0.25, 0.3) is 0 Å². The maximum atomic E-state index is 14.2. The van der Waals surface area contributed by atoms with Crippen LogP contribution in [-0.2, 0) is 271 Å². The smallest absolute Gasteiger partial charge is 0.303 e. The number of rotatable bonds is 41. The van der Waals surface area contributed by atoms with Crippen molar-refractivity contribution in [1.82, 2.24) is 0 Å². The summed E-state index contributed by atoms with van der Waals surface area (Å²) < 4.78 is 209. The third kappa shape index (κ3) is 35.3. The standard InChI is InChI=1S/C86H116O58/c1-30(87)110-23-52-61(66(119-38(9)95)73(80(109)133-52)126-45(16)102)140-86-79(132-51(22)108)72(125-44(15)101)65(144-85-78(131-50(21)107)71(124-43(14)100)64(57(138-85)28-115-35(6)92)143-83-76(129-48(19)105)68(121-40(11)97)60(118-37(8)94)54(136-83)25-112-32(3)89)58(139-86)29-116-81-74(127-46(17)103)69(122-41(12)98)62(55(134-81)26-113-33(4)90)141-84-77(130-49(20)106)70(123-42(13)99)63(56(137-84)27-114-34(5)91)142-82-75(128-47(18)104)67(120-39(10)96)59(117-36(7)93)53(135-82)24-111-31(2)88/h52-86,109H,23-29H2,1-22H3/t52?,53?,54?,55?,56?,57?,58?,59-,60-,61-,62-,63-,64-,65-,66-,67+,68+,69-,70+,71+,72-,73?,74?,75?,76?,77?,78?,79?,80+,81+,82-,83-,84-,85-,86-/m1/s1. The van der Waals surface area contributed by atoms with Gasteiger partial charge in [-0.05, 0) is 0 Å². The molecule has 14 unspecified atom stereocenters. The molecule has 7 fully saturated rings. The van der Waals surface area contributed by atoms with Crippen molar-refractivity contribution < 1.29 is 276 Å². The molecule has 1 N–H and O–H groups in total. The van der Waals surface area contributed by atoms with Crippen LogP contribution in [0, 0.1) is 0 Å². The monoisotopic (exact) mass is 2080 g/mol. The van der Waals surface area contributed by atoms with Crippen molar-refractivity contribution in [3.8, 4) is 0 Å². The molecule has 0 aromatic heterocycles. The first-order chi connectivity index (χ1) is 67.4. The highest BCUT2D eigenvalue weighted by Gasteiger charge is 2.65. The van der Waals surface area contributed by atoms with Gasteiger partial charge in [-0.15, -0.1) is 0 Å². The predicted molar refractivity (Wildman–Crippen MR) is 442 cm³/mol. The molecule has 0 saturated carbocycles. The topological polar surface area (TPSA) is 719 Å².